The van der Waals surface area contributed by atoms with Gasteiger partial charge in [0.15, 0.2) is 0 Å². The fourth-order valence-electron chi connectivity index (χ4n) is 2.60. The number of rotatable bonds is 4. The standard InChI is InChI=1S/C14H19N3O3/c1-10-5-3-7-12(17(19)20)13(10)14(18)16(2)9-11-6-4-8-15-11/h3,5,7,11,15H,4,6,8-9H2,1-2H3. The van der Waals surface area contributed by atoms with E-state index in [1.54, 1.807) is 31.0 Å². The monoisotopic (exact) mass is 277 g/mol. The maximum atomic E-state index is 12.5. The summed E-state index contributed by atoms with van der Waals surface area (Å²) < 4.78 is 0. The van der Waals surface area contributed by atoms with Gasteiger partial charge >= 0.3 is 0 Å². The molecule has 1 heterocycles. The van der Waals surface area contributed by atoms with E-state index in [1.807, 2.05) is 0 Å². The maximum Gasteiger partial charge on any atom is 0.282 e. The first kappa shape index (κ1) is 14.5. The molecule has 6 nitrogen and oxygen atoms in total. The highest BCUT2D eigenvalue weighted by atomic mass is 16.6. The molecular weight excluding hydrogens is 258 g/mol. The van der Waals surface area contributed by atoms with Gasteiger partial charge in [0.1, 0.15) is 5.56 Å². The van der Waals surface area contributed by atoms with Crippen molar-refractivity contribution in [2.45, 2.75) is 25.8 Å². The van der Waals surface area contributed by atoms with Crippen molar-refractivity contribution in [3.8, 4) is 0 Å². The van der Waals surface area contributed by atoms with Crippen LogP contribution in [0.15, 0.2) is 18.2 Å². The van der Waals surface area contributed by atoms with Crippen LogP contribution in [0.2, 0.25) is 0 Å². The van der Waals surface area contributed by atoms with E-state index in [0.29, 0.717) is 12.1 Å². The van der Waals surface area contributed by atoms with Crippen LogP contribution in [0.4, 0.5) is 5.69 Å². The Balaban J connectivity index is 2.21. The zero-order valence-corrected chi connectivity index (χ0v) is 11.8. The van der Waals surface area contributed by atoms with Crippen molar-refractivity contribution in [2.24, 2.45) is 0 Å². The number of aryl methyl sites for hydroxylation is 1. The molecule has 1 aliphatic heterocycles. The van der Waals surface area contributed by atoms with E-state index < -0.39 is 4.92 Å². The molecule has 0 saturated carbocycles. The summed E-state index contributed by atoms with van der Waals surface area (Å²) in [5.41, 5.74) is 0.703. The predicted octanol–water partition coefficient (Wildman–Crippen LogP) is 1.73. The second-order valence-electron chi connectivity index (χ2n) is 5.21. The van der Waals surface area contributed by atoms with Crippen LogP contribution in [0.3, 0.4) is 0 Å². The van der Waals surface area contributed by atoms with Crippen molar-refractivity contribution >= 4 is 11.6 Å². The summed E-state index contributed by atoms with van der Waals surface area (Å²) in [5.74, 6) is -0.288. The Kier molecular flexibility index (Phi) is 4.34. The second-order valence-corrected chi connectivity index (χ2v) is 5.21. The average Bonchev–Trinajstić information content (AvgIpc) is 2.90. The Morgan fingerprint density at radius 1 is 1.55 bits per heavy atom. The smallest absolute Gasteiger partial charge is 0.282 e. The minimum atomic E-state index is -0.498. The van der Waals surface area contributed by atoms with Crippen molar-refractivity contribution in [3.63, 3.8) is 0 Å². The van der Waals surface area contributed by atoms with Crippen LogP contribution >= 0.6 is 0 Å². The quantitative estimate of drug-likeness (QED) is 0.671. The molecule has 0 aromatic heterocycles. The number of nitro groups is 1. The first-order valence-corrected chi connectivity index (χ1v) is 6.73. The third-order valence-electron chi connectivity index (χ3n) is 3.66. The number of nitrogens with zero attached hydrogens (tertiary/aromatic N) is 2. The van der Waals surface area contributed by atoms with Crippen LogP contribution in [0.5, 0.6) is 0 Å². The van der Waals surface area contributed by atoms with Gasteiger partial charge < -0.3 is 10.2 Å². The molecule has 1 aromatic rings. The molecule has 1 fully saturated rings. The van der Waals surface area contributed by atoms with Crippen molar-refractivity contribution in [1.82, 2.24) is 10.2 Å². The van der Waals surface area contributed by atoms with E-state index >= 15 is 0 Å². The number of nitro benzene ring substituents is 1. The third-order valence-corrected chi connectivity index (χ3v) is 3.66. The van der Waals surface area contributed by atoms with Crippen LogP contribution in [-0.2, 0) is 0 Å². The molecule has 0 bridgehead atoms. The van der Waals surface area contributed by atoms with Gasteiger partial charge in [-0.25, -0.2) is 0 Å². The lowest BCUT2D eigenvalue weighted by molar-refractivity contribution is -0.385. The van der Waals surface area contributed by atoms with Crippen LogP contribution in [0.25, 0.3) is 0 Å². The zero-order valence-electron chi connectivity index (χ0n) is 11.8. The fourth-order valence-corrected chi connectivity index (χ4v) is 2.60. The summed E-state index contributed by atoms with van der Waals surface area (Å²) in [6.45, 7) is 3.27. The Bertz CT molecular complexity index is 524. The van der Waals surface area contributed by atoms with Crippen LogP contribution in [0.1, 0.15) is 28.8 Å². The molecule has 0 radical (unpaired) electrons. The first-order chi connectivity index (χ1) is 9.50. The molecule has 1 saturated heterocycles. The molecule has 1 aliphatic rings. The number of nitrogens with one attached hydrogen (secondary N) is 1. The predicted molar refractivity (Wildman–Crippen MR) is 75.8 cm³/mol. The Morgan fingerprint density at radius 3 is 2.90 bits per heavy atom. The summed E-state index contributed by atoms with van der Waals surface area (Å²) in [6, 6.07) is 4.99. The van der Waals surface area contributed by atoms with Crippen molar-refractivity contribution in [1.29, 1.82) is 0 Å². The lowest BCUT2D eigenvalue weighted by Gasteiger charge is -2.22. The molecule has 1 N–H and O–H groups in total. The number of carbonyl (C=O) groups is 1. The summed E-state index contributed by atoms with van der Waals surface area (Å²) >= 11 is 0. The van der Waals surface area contributed by atoms with Crippen LogP contribution in [0, 0.1) is 17.0 Å². The van der Waals surface area contributed by atoms with Gasteiger partial charge in [-0.15, -0.1) is 0 Å². The highest BCUT2D eigenvalue weighted by Gasteiger charge is 2.26. The van der Waals surface area contributed by atoms with Gasteiger partial charge in [-0.1, -0.05) is 12.1 Å². The lowest BCUT2D eigenvalue weighted by Crippen LogP contribution is -2.39. The Morgan fingerprint density at radius 2 is 2.30 bits per heavy atom. The zero-order chi connectivity index (χ0) is 14.7. The van der Waals surface area contributed by atoms with E-state index in [9.17, 15) is 14.9 Å². The third kappa shape index (κ3) is 2.96. The summed E-state index contributed by atoms with van der Waals surface area (Å²) in [4.78, 5) is 24.6. The number of likely N-dealkylation sites (N-methyl/N-ethyl adjacent to an activating group) is 1. The van der Waals surface area contributed by atoms with Gasteiger partial charge in [0.05, 0.1) is 4.92 Å². The van der Waals surface area contributed by atoms with Crippen LogP contribution < -0.4 is 5.32 Å². The topological polar surface area (TPSA) is 75.5 Å². The molecule has 20 heavy (non-hydrogen) atoms. The normalized spacial score (nSPS) is 18.0. The number of hydrogen-bond donors (Lipinski definition) is 1. The van der Waals surface area contributed by atoms with E-state index in [1.165, 1.54) is 6.07 Å². The molecule has 1 atom stereocenters. The molecule has 108 valence electrons. The Labute approximate surface area is 117 Å². The summed E-state index contributed by atoms with van der Waals surface area (Å²) in [7, 11) is 1.69. The van der Waals surface area contributed by atoms with Gasteiger partial charge in [-0.05, 0) is 31.9 Å². The largest absolute Gasteiger partial charge is 0.340 e. The van der Waals surface area contributed by atoms with Gasteiger partial charge in [0.2, 0.25) is 0 Å². The molecule has 0 aliphatic carbocycles. The van der Waals surface area contributed by atoms with Crippen molar-refractivity contribution in [2.75, 3.05) is 20.1 Å². The Hall–Kier alpha value is -1.95. The highest BCUT2D eigenvalue weighted by molar-refractivity contribution is 5.99. The average molecular weight is 277 g/mol. The number of benzene rings is 1. The van der Waals surface area contributed by atoms with Gasteiger partial charge in [0.25, 0.3) is 11.6 Å². The fraction of sp³-hybridized carbons (Fsp3) is 0.500. The minimum absolute atomic E-state index is 0.124. The second kappa shape index (κ2) is 6.00. The van der Waals surface area contributed by atoms with E-state index in [0.717, 1.165) is 19.4 Å². The number of hydrogen-bond acceptors (Lipinski definition) is 4. The molecule has 1 unspecified atom stereocenters. The minimum Gasteiger partial charge on any atom is -0.340 e. The van der Waals surface area contributed by atoms with Crippen molar-refractivity contribution < 1.29 is 9.72 Å². The SMILES string of the molecule is Cc1cccc([N+](=O)[O-])c1C(=O)N(C)CC1CCCN1. The van der Waals surface area contributed by atoms with E-state index in [4.69, 9.17) is 0 Å². The summed E-state index contributed by atoms with van der Waals surface area (Å²) in [6.07, 6.45) is 2.14. The van der Waals surface area contributed by atoms with Gasteiger partial charge in [-0.2, -0.15) is 0 Å². The molecule has 0 spiro atoms. The van der Waals surface area contributed by atoms with Crippen LogP contribution in [-0.4, -0.2) is 41.9 Å². The summed E-state index contributed by atoms with van der Waals surface area (Å²) in [5, 5.41) is 14.4. The van der Waals surface area contributed by atoms with Crippen molar-refractivity contribution in [3.05, 3.63) is 39.4 Å². The number of carbonyl (C=O) groups excluding carboxylic acids is 1. The maximum absolute atomic E-state index is 12.5. The van der Waals surface area contributed by atoms with Gasteiger partial charge in [0, 0.05) is 25.7 Å². The molecule has 1 amide bonds. The van der Waals surface area contributed by atoms with E-state index in [2.05, 4.69) is 5.32 Å². The molecule has 2 rings (SSSR count). The first-order valence-electron chi connectivity index (χ1n) is 6.73. The molecule has 6 heteroatoms. The highest BCUT2D eigenvalue weighted by Crippen LogP contribution is 2.23. The molecule has 1 aromatic carbocycles. The van der Waals surface area contributed by atoms with E-state index in [-0.39, 0.29) is 23.2 Å². The van der Waals surface area contributed by atoms with Gasteiger partial charge in [-0.3, -0.25) is 14.9 Å². The number of amides is 1. The lowest BCUT2D eigenvalue weighted by atomic mass is 10.0. The molecular formula is C14H19N3O3.